The topological polar surface area (TPSA) is 90.9 Å². The van der Waals surface area contributed by atoms with Gasteiger partial charge < -0.3 is 4.74 Å². The van der Waals surface area contributed by atoms with Crippen molar-refractivity contribution in [2.24, 2.45) is 0 Å². The van der Waals surface area contributed by atoms with E-state index in [1.165, 1.54) is 33.5 Å². The van der Waals surface area contributed by atoms with Gasteiger partial charge in [0.25, 0.3) is 0 Å². The molecular weight excluding hydrogens is 345 g/mol. The lowest BCUT2D eigenvalue weighted by molar-refractivity contribution is 0.0977. The van der Waals surface area contributed by atoms with Gasteiger partial charge in [0.15, 0.2) is 11.6 Å². The quantitative estimate of drug-likeness (QED) is 0.697. The smallest absolute Gasteiger partial charge is 0.432 e. The molecular formula is C17H16NO6P. The van der Waals surface area contributed by atoms with Crippen LogP contribution < -0.4 is 9.82 Å². The molecule has 7 nitrogen and oxygen atoms in total. The lowest BCUT2D eigenvalue weighted by Gasteiger charge is -2.24. The normalized spacial score (nSPS) is 13.2. The number of benzene rings is 2. The molecule has 130 valence electrons. The molecule has 1 N–H and O–H groups in total. The average molecular weight is 361 g/mol. The van der Waals surface area contributed by atoms with Gasteiger partial charge >= 0.3 is 7.75 Å². The second kappa shape index (κ2) is 6.44. The highest BCUT2D eigenvalue weighted by molar-refractivity contribution is 7.55. The maximum Gasteiger partial charge on any atom is 0.432 e. The van der Waals surface area contributed by atoms with Gasteiger partial charge in [-0.05, 0) is 12.1 Å². The van der Waals surface area contributed by atoms with Crippen LogP contribution in [0.25, 0.3) is 0 Å². The van der Waals surface area contributed by atoms with E-state index in [0.29, 0.717) is 5.56 Å². The number of carbonyl (C=O) groups excluding carboxylic acids is 2. The molecule has 0 amide bonds. The van der Waals surface area contributed by atoms with E-state index in [-0.39, 0.29) is 39.7 Å². The highest BCUT2D eigenvalue weighted by Gasteiger charge is 2.36. The van der Waals surface area contributed by atoms with Crippen LogP contribution in [-0.4, -0.2) is 32.9 Å². The zero-order chi connectivity index (χ0) is 18.2. The Morgan fingerprint density at radius 1 is 0.840 bits per heavy atom. The standard InChI is InChI=1S/C17H16NO6P/c1-22-13-9-8-12(18-25(21,23-2)24-3)14-15(13)17(20)11-7-5-4-6-10(11)16(14)19/h4-9H,1-3H3,(H,18,21). The molecule has 8 heteroatoms. The van der Waals surface area contributed by atoms with Crippen molar-refractivity contribution < 1.29 is 27.9 Å². The van der Waals surface area contributed by atoms with Gasteiger partial charge in [0, 0.05) is 25.3 Å². The van der Waals surface area contributed by atoms with Gasteiger partial charge in [0.05, 0.1) is 23.9 Å². The Bertz CT molecular complexity index is 915. The van der Waals surface area contributed by atoms with Crippen molar-refractivity contribution in [1.82, 2.24) is 0 Å². The number of carbonyl (C=O) groups is 2. The molecule has 2 aromatic rings. The van der Waals surface area contributed by atoms with Gasteiger partial charge in [-0.15, -0.1) is 0 Å². The number of ketones is 2. The molecule has 0 unspecified atom stereocenters. The van der Waals surface area contributed by atoms with Crippen molar-refractivity contribution in [3.63, 3.8) is 0 Å². The Kier molecular flexibility index (Phi) is 4.47. The lowest BCUT2D eigenvalue weighted by atomic mass is 9.83. The van der Waals surface area contributed by atoms with E-state index in [2.05, 4.69) is 5.09 Å². The van der Waals surface area contributed by atoms with Gasteiger partial charge in [-0.3, -0.25) is 23.7 Å². The number of nitrogens with one attached hydrogen (secondary N) is 1. The Hall–Kier alpha value is -2.47. The first-order chi connectivity index (χ1) is 12.0. The molecule has 3 rings (SSSR count). The number of methoxy groups -OCH3 is 1. The van der Waals surface area contributed by atoms with Crippen molar-refractivity contribution in [2.45, 2.75) is 0 Å². The van der Waals surface area contributed by atoms with Gasteiger partial charge in [-0.1, -0.05) is 24.3 Å². The molecule has 0 heterocycles. The van der Waals surface area contributed by atoms with Crippen LogP contribution in [0.15, 0.2) is 36.4 Å². The summed E-state index contributed by atoms with van der Waals surface area (Å²) in [7, 11) is 0.190. The fraction of sp³-hybridized carbons (Fsp3) is 0.176. The van der Waals surface area contributed by atoms with E-state index in [1.807, 2.05) is 0 Å². The number of hydrogen-bond acceptors (Lipinski definition) is 6. The van der Waals surface area contributed by atoms with Crippen LogP contribution in [0.4, 0.5) is 5.69 Å². The first-order valence-corrected chi connectivity index (χ1v) is 8.89. The van der Waals surface area contributed by atoms with Crippen LogP contribution in [-0.2, 0) is 13.6 Å². The van der Waals surface area contributed by atoms with E-state index in [9.17, 15) is 14.2 Å². The van der Waals surface area contributed by atoms with Crippen molar-refractivity contribution in [3.05, 3.63) is 58.7 Å². The molecule has 0 saturated carbocycles. The molecule has 0 aliphatic heterocycles. The van der Waals surface area contributed by atoms with E-state index in [0.717, 1.165) is 0 Å². The van der Waals surface area contributed by atoms with Crippen molar-refractivity contribution in [1.29, 1.82) is 0 Å². The maximum absolute atomic E-state index is 13.0. The minimum Gasteiger partial charge on any atom is -0.496 e. The second-order valence-corrected chi connectivity index (χ2v) is 7.19. The Morgan fingerprint density at radius 2 is 1.40 bits per heavy atom. The molecule has 0 aromatic heterocycles. The van der Waals surface area contributed by atoms with E-state index < -0.39 is 7.75 Å². The first-order valence-electron chi connectivity index (χ1n) is 7.35. The van der Waals surface area contributed by atoms with Crippen LogP contribution in [0.2, 0.25) is 0 Å². The third-order valence-electron chi connectivity index (χ3n) is 4.00. The van der Waals surface area contributed by atoms with E-state index >= 15 is 0 Å². The lowest BCUT2D eigenvalue weighted by Crippen LogP contribution is -2.23. The van der Waals surface area contributed by atoms with Crippen LogP contribution in [0, 0.1) is 0 Å². The highest BCUT2D eigenvalue weighted by atomic mass is 31.2. The summed E-state index contributed by atoms with van der Waals surface area (Å²) in [6, 6.07) is 9.56. The molecule has 0 radical (unpaired) electrons. The number of hydrogen-bond donors (Lipinski definition) is 1. The van der Waals surface area contributed by atoms with Gasteiger partial charge in [0.2, 0.25) is 0 Å². The molecule has 0 saturated heterocycles. The summed E-state index contributed by atoms with van der Waals surface area (Å²) in [4.78, 5) is 25.9. The predicted molar refractivity (Wildman–Crippen MR) is 91.5 cm³/mol. The molecule has 0 fully saturated rings. The van der Waals surface area contributed by atoms with E-state index in [4.69, 9.17) is 13.8 Å². The van der Waals surface area contributed by atoms with Crippen LogP contribution in [0.3, 0.4) is 0 Å². The number of ether oxygens (including phenoxy) is 1. The van der Waals surface area contributed by atoms with Crippen molar-refractivity contribution in [2.75, 3.05) is 26.4 Å². The van der Waals surface area contributed by atoms with Crippen LogP contribution in [0.5, 0.6) is 5.75 Å². The molecule has 0 bridgehead atoms. The van der Waals surface area contributed by atoms with Crippen LogP contribution >= 0.6 is 7.75 Å². The van der Waals surface area contributed by atoms with Crippen molar-refractivity contribution >= 4 is 25.0 Å². The largest absolute Gasteiger partial charge is 0.496 e. The van der Waals surface area contributed by atoms with Gasteiger partial charge in [-0.2, -0.15) is 0 Å². The summed E-state index contributed by atoms with van der Waals surface area (Å²) in [5, 5.41) is 2.60. The van der Waals surface area contributed by atoms with Gasteiger partial charge in [0.1, 0.15) is 5.75 Å². The Morgan fingerprint density at radius 3 is 1.92 bits per heavy atom. The highest BCUT2D eigenvalue weighted by Crippen LogP contribution is 2.48. The summed E-state index contributed by atoms with van der Waals surface area (Å²) in [5.74, 6) is -0.446. The van der Waals surface area contributed by atoms with E-state index in [1.54, 1.807) is 24.3 Å². The molecule has 0 spiro atoms. The minimum absolute atomic E-state index is 0.0809. The zero-order valence-electron chi connectivity index (χ0n) is 13.9. The molecule has 0 atom stereocenters. The maximum atomic E-state index is 13.0. The average Bonchev–Trinajstić information content (AvgIpc) is 2.65. The number of anilines is 1. The third-order valence-corrected chi connectivity index (χ3v) is 5.47. The summed E-state index contributed by atoms with van der Waals surface area (Å²) < 4.78 is 27.4. The number of fused-ring (bicyclic) bond motifs is 2. The fourth-order valence-corrected chi connectivity index (χ4v) is 3.58. The zero-order valence-corrected chi connectivity index (χ0v) is 14.8. The fourth-order valence-electron chi connectivity index (χ4n) is 2.77. The first kappa shape index (κ1) is 17.4. The minimum atomic E-state index is -3.66. The Labute approximate surface area is 144 Å². The molecule has 1 aliphatic rings. The summed E-state index contributed by atoms with van der Waals surface area (Å²) in [5.41, 5.74) is 0.959. The third kappa shape index (κ3) is 2.76. The van der Waals surface area contributed by atoms with Gasteiger partial charge in [-0.25, -0.2) is 4.57 Å². The predicted octanol–water partition coefficient (Wildman–Crippen LogP) is 3.28. The molecule has 25 heavy (non-hydrogen) atoms. The molecule has 1 aliphatic carbocycles. The summed E-state index contributed by atoms with van der Waals surface area (Å²) >= 11 is 0. The summed E-state index contributed by atoms with van der Waals surface area (Å²) in [6.45, 7) is 0. The monoisotopic (exact) mass is 361 g/mol. The summed E-state index contributed by atoms with van der Waals surface area (Å²) in [6.07, 6.45) is 0. The van der Waals surface area contributed by atoms with Crippen LogP contribution in [0.1, 0.15) is 31.8 Å². The SMILES string of the molecule is COc1ccc(NP(=O)(OC)OC)c2c1C(=O)c1ccccc1C2=O. The van der Waals surface area contributed by atoms with Crippen molar-refractivity contribution in [3.8, 4) is 5.75 Å². The second-order valence-electron chi connectivity index (χ2n) is 5.24. The number of rotatable bonds is 5. The Balaban J connectivity index is 2.25. The molecule has 2 aromatic carbocycles.